The second kappa shape index (κ2) is 4.75. The Labute approximate surface area is 99.8 Å². The number of hydrogen-bond donors (Lipinski definition) is 1. The molecule has 0 aromatic carbocycles. The minimum absolute atomic E-state index is 0.242. The van der Waals surface area contributed by atoms with E-state index in [1.54, 1.807) is 0 Å². The molecule has 90 valence electrons. The van der Waals surface area contributed by atoms with Gasteiger partial charge in [0.05, 0.1) is 0 Å². The second-order valence-corrected chi connectivity index (χ2v) is 5.66. The van der Waals surface area contributed by atoms with Crippen molar-refractivity contribution in [2.24, 2.45) is 23.0 Å². The van der Waals surface area contributed by atoms with E-state index in [1.807, 2.05) is 0 Å². The molecule has 1 nitrogen and oxygen atoms in total. The van der Waals surface area contributed by atoms with Crippen molar-refractivity contribution in [2.75, 3.05) is 0 Å². The summed E-state index contributed by atoms with van der Waals surface area (Å²) in [6.07, 6.45) is 15.5. The van der Waals surface area contributed by atoms with E-state index in [4.69, 9.17) is 5.73 Å². The number of hydrogen-bond acceptors (Lipinski definition) is 1. The molecule has 0 aliphatic heterocycles. The summed E-state index contributed by atoms with van der Waals surface area (Å²) in [5, 5.41) is 0. The van der Waals surface area contributed by atoms with Gasteiger partial charge in [0.1, 0.15) is 0 Å². The molecule has 0 heterocycles. The first kappa shape index (κ1) is 11.9. The molecule has 16 heavy (non-hydrogen) atoms. The molecule has 1 saturated carbocycles. The molecule has 2 aliphatic rings. The van der Waals surface area contributed by atoms with Gasteiger partial charge in [0.25, 0.3) is 0 Å². The molecule has 2 rings (SSSR count). The third-order valence-electron chi connectivity index (χ3n) is 4.51. The topological polar surface area (TPSA) is 26.0 Å². The Kier molecular flexibility index (Phi) is 3.53. The first-order chi connectivity index (χ1) is 7.70. The van der Waals surface area contributed by atoms with E-state index in [0.717, 1.165) is 12.3 Å². The maximum absolute atomic E-state index is 6.53. The van der Waals surface area contributed by atoms with E-state index in [9.17, 15) is 0 Å². The number of allylic oxidation sites excluding steroid dienone is 3. The fourth-order valence-corrected chi connectivity index (χ4v) is 3.19. The lowest BCUT2D eigenvalue weighted by atomic mass is 9.64. The molecule has 1 fully saturated rings. The summed E-state index contributed by atoms with van der Waals surface area (Å²) in [6, 6.07) is 0.371. The average molecular weight is 219 g/mol. The van der Waals surface area contributed by atoms with Gasteiger partial charge in [-0.1, -0.05) is 51.0 Å². The molecule has 0 amide bonds. The number of rotatable bonds is 5. The molecule has 0 radical (unpaired) electrons. The highest BCUT2D eigenvalue weighted by Crippen LogP contribution is 2.48. The maximum atomic E-state index is 6.53. The molecule has 0 bridgehead atoms. The molecular weight excluding hydrogens is 194 g/mol. The van der Waals surface area contributed by atoms with Gasteiger partial charge >= 0.3 is 0 Å². The summed E-state index contributed by atoms with van der Waals surface area (Å²) in [4.78, 5) is 0. The van der Waals surface area contributed by atoms with Crippen LogP contribution in [0.5, 0.6) is 0 Å². The zero-order valence-electron chi connectivity index (χ0n) is 10.7. The fourth-order valence-electron chi connectivity index (χ4n) is 3.19. The standard InChI is InChI=1S/C15H25N/c1-3-7-12(2)15(10-5-4-6-11-15)14(16)13-8-9-13/h4-6,10,12-14H,3,7-9,11,16H2,1-2H3. The van der Waals surface area contributed by atoms with Gasteiger partial charge in [-0.05, 0) is 31.1 Å². The molecule has 0 aromatic heterocycles. The third-order valence-corrected chi connectivity index (χ3v) is 4.51. The highest BCUT2D eigenvalue weighted by molar-refractivity contribution is 5.21. The van der Waals surface area contributed by atoms with Crippen molar-refractivity contribution in [1.82, 2.24) is 0 Å². The molecule has 3 atom stereocenters. The Morgan fingerprint density at radius 1 is 1.38 bits per heavy atom. The molecule has 0 saturated heterocycles. The van der Waals surface area contributed by atoms with Crippen LogP contribution in [0.1, 0.15) is 46.0 Å². The lowest BCUT2D eigenvalue weighted by Gasteiger charge is -2.42. The normalized spacial score (nSPS) is 32.7. The van der Waals surface area contributed by atoms with Crippen LogP contribution >= 0.6 is 0 Å². The van der Waals surface area contributed by atoms with Crippen molar-refractivity contribution in [3.05, 3.63) is 24.3 Å². The fraction of sp³-hybridized carbons (Fsp3) is 0.733. The van der Waals surface area contributed by atoms with E-state index >= 15 is 0 Å². The van der Waals surface area contributed by atoms with E-state index in [1.165, 1.54) is 25.7 Å². The highest BCUT2D eigenvalue weighted by Gasteiger charge is 2.45. The summed E-state index contributed by atoms with van der Waals surface area (Å²) >= 11 is 0. The van der Waals surface area contributed by atoms with Crippen molar-refractivity contribution in [1.29, 1.82) is 0 Å². The zero-order chi connectivity index (χ0) is 11.6. The summed E-state index contributed by atoms with van der Waals surface area (Å²) in [5.74, 6) is 1.49. The van der Waals surface area contributed by atoms with Gasteiger partial charge in [-0.3, -0.25) is 0 Å². The van der Waals surface area contributed by atoms with Gasteiger partial charge in [0.2, 0.25) is 0 Å². The predicted molar refractivity (Wildman–Crippen MR) is 70.1 cm³/mol. The summed E-state index contributed by atoms with van der Waals surface area (Å²) < 4.78 is 0. The molecule has 2 aliphatic carbocycles. The first-order valence-electron chi connectivity index (χ1n) is 6.80. The van der Waals surface area contributed by atoms with Gasteiger partial charge in [0, 0.05) is 11.5 Å². The highest BCUT2D eigenvalue weighted by atomic mass is 14.7. The molecule has 1 heteroatoms. The van der Waals surface area contributed by atoms with Crippen LogP contribution in [-0.4, -0.2) is 6.04 Å². The molecular formula is C15H25N. The van der Waals surface area contributed by atoms with Crippen LogP contribution in [0, 0.1) is 17.3 Å². The number of nitrogens with two attached hydrogens (primary N) is 1. The minimum atomic E-state index is 0.242. The predicted octanol–water partition coefficient (Wildman–Crippen LogP) is 3.66. The van der Waals surface area contributed by atoms with Crippen LogP contribution in [-0.2, 0) is 0 Å². The quantitative estimate of drug-likeness (QED) is 0.750. The van der Waals surface area contributed by atoms with Crippen molar-refractivity contribution < 1.29 is 0 Å². The van der Waals surface area contributed by atoms with Crippen LogP contribution in [0.15, 0.2) is 24.3 Å². The smallest absolute Gasteiger partial charge is 0.0165 e. The van der Waals surface area contributed by atoms with Gasteiger partial charge in [0.15, 0.2) is 0 Å². The molecule has 3 unspecified atom stereocenters. The van der Waals surface area contributed by atoms with E-state index in [2.05, 4.69) is 38.2 Å². The second-order valence-electron chi connectivity index (χ2n) is 5.66. The van der Waals surface area contributed by atoms with Crippen molar-refractivity contribution in [3.8, 4) is 0 Å². The van der Waals surface area contributed by atoms with Crippen molar-refractivity contribution >= 4 is 0 Å². The lowest BCUT2D eigenvalue weighted by Crippen LogP contribution is -2.46. The van der Waals surface area contributed by atoms with Crippen LogP contribution in [0.3, 0.4) is 0 Å². The Morgan fingerprint density at radius 2 is 2.12 bits per heavy atom. The largest absolute Gasteiger partial charge is 0.327 e. The van der Waals surface area contributed by atoms with Gasteiger partial charge in [-0.2, -0.15) is 0 Å². The van der Waals surface area contributed by atoms with E-state index < -0.39 is 0 Å². The summed E-state index contributed by atoms with van der Waals surface area (Å²) in [7, 11) is 0. The van der Waals surface area contributed by atoms with Crippen LogP contribution in [0.4, 0.5) is 0 Å². The SMILES string of the molecule is CCCC(C)C1(C(N)C2CC2)C=CC=CC1. The monoisotopic (exact) mass is 219 g/mol. The molecule has 0 aromatic rings. The van der Waals surface area contributed by atoms with Crippen molar-refractivity contribution in [2.45, 2.75) is 52.0 Å². The Balaban J connectivity index is 2.17. The Bertz CT molecular complexity index is 288. The van der Waals surface area contributed by atoms with Gasteiger partial charge < -0.3 is 5.73 Å². The van der Waals surface area contributed by atoms with Gasteiger partial charge in [-0.25, -0.2) is 0 Å². The van der Waals surface area contributed by atoms with E-state index in [0.29, 0.717) is 12.0 Å². The lowest BCUT2D eigenvalue weighted by molar-refractivity contribution is 0.169. The summed E-state index contributed by atoms with van der Waals surface area (Å²) in [5.41, 5.74) is 6.78. The maximum Gasteiger partial charge on any atom is 0.0165 e. The van der Waals surface area contributed by atoms with Crippen LogP contribution in [0.2, 0.25) is 0 Å². The van der Waals surface area contributed by atoms with E-state index in [-0.39, 0.29) is 5.41 Å². The summed E-state index contributed by atoms with van der Waals surface area (Å²) in [6.45, 7) is 4.66. The van der Waals surface area contributed by atoms with Crippen molar-refractivity contribution in [3.63, 3.8) is 0 Å². The van der Waals surface area contributed by atoms with Crippen LogP contribution in [0.25, 0.3) is 0 Å². The minimum Gasteiger partial charge on any atom is -0.327 e. The van der Waals surface area contributed by atoms with Crippen LogP contribution < -0.4 is 5.73 Å². The average Bonchev–Trinajstić information content (AvgIpc) is 3.13. The molecule has 0 spiro atoms. The van der Waals surface area contributed by atoms with Gasteiger partial charge in [-0.15, -0.1) is 0 Å². The Hall–Kier alpha value is -0.560. The molecule has 2 N–H and O–H groups in total. The third kappa shape index (κ3) is 2.10. The zero-order valence-corrected chi connectivity index (χ0v) is 10.7. The Morgan fingerprint density at radius 3 is 2.62 bits per heavy atom. The first-order valence-corrected chi connectivity index (χ1v) is 6.80.